The van der Waals surface area contributed by atoms with E-state index >= 15 is 0 Å². The highest BCUT2D eigenvalue weighted by molar-refractivity contribution is 5.75. The van der Waals surface area contributed by atoms with Crippen LogP contribution < -0.4 is 0 Å². The van der Waals surface area contributed by atoms with Gasteiger partial charge in [0.05, 0.1) is 19.8 Å². The second-order valence-electron chi connectivity index (χ2n) is 5.80. The number of unbranched alkanes of at least 4 members (excludes halogenated alkanes) is 3. The normalized spacial score (nSPS) is 11.8. The Labute approximate surface area is 135 Å². The van der Waals surface area contributed by atoms with E-state index in [-0.39, 0.29) is 19.8 Å². The van der Waals surface area contributed by atoms with Crippen molar-refractivity contribution >= 4 is 5.97 Å². The van der Waals surface area contributed by atoms with Crippen molar-refractivity contribution in [3.8, 4) is 0 Å². The number of carboxylic acid groups (broad SMARTS) is 1. The predicted molar refractivity (Wildman–Crippen MR) is 87.2 cm³/mol. The molecule has 0 bridgehead atoms. The summed E-state index contributed by atoms with van der Waals surface area (Å²) in [5.74, 6) is -0.906. The Bertz CT molecular complexity index is 236. The molecule has 0 aromatic rings. The van der Waals surface area contributed by atoms with Gasteiger partial charge in [0, 0.05) is 19.8 Å². The van der Waals surface area contributed by atoms with Crippen LogP contribution in [0, 0.1) is 5.41 Å². The fraction of sp³-hybridized carbons (Fsp3) is 0.941. The highest BCUT2D eigenvalue weighted by atomic mass is 16.5. The fourth-order valence-electron chi connectivity index (χ4n) is 1.85. The molecule has 0 radical (unpaired) electrons. The third-order valence-corrected chi connectivity index (χ3v) is 3.52. The number of aliphatic carboxylic acids is 1. The first kappa shape index (κ1) is 21.4. The van der Waals surface area contributed by atoms with Gasteiger partial charge in [-0.3, -0.25) is 4.79 Å². The lowest BCUT2D eigenvalue weighted by Crippen LogP contribution is -2.44. The highest BCUT2D eigenvalue weighted by Gasteiger charge is 2.40. The summed E-state index contributed by atoms with van der Waals surface area (Å²) in [6, 6.07) is 0. The van der Waals surface area contributed by atoms with Gasteiger partial charge in [-0.05, 0) is 19.3 Å². The highest BCUT2D eigenvalue weighted by Crippen LogP contribution is 2.21. The summed E-state index contributed by atoms with van der Waals surface area (Å²) in [6.07, 6.45) is 5.88. The summed E-state index contributed by atoms with van der Waals surface area (Å²) >= 11 is 0. The quantitative estimate of drug-likeness (QED) is 0.441. The van der Waals surface area contributed by atoms with E-state index in [0.717, 1.165) is 38.5 Å². The summed E-state index contributed by atoms with van der Waals surface area (Å²) in [5, 5.41) is 9.65. The van der Waals surface area contributed by atoms with Crippen LogP contribution in [0.2, 0.25) is 0 Å². The summed E-state index contributed by atoms with van der Waals surface area (Å²) < 4.78 is 16.7. The molecule has 0 amide bonds. The Morgan fingerprint density at radius 2 is 1.09 bits per heavy atom. The van der Waals surface area contributed by atoms with Gasteiger partial charge in [0.15, 0.2) is 0 Å². The van der Waals surface area contributed by atoms with Crippen LogP contribution in [-0.2, 0) is 19.0 Å². The Morgan fingerprint density at radius 1 is 0.773 bits per heavy atom. The molecule has 5 heteroatoms. The number of hydrogen-bond donors (Lipinski definition) is 1. The van der Waals surface area contributed by atoms with Crippen molar-refractivity contribution in [3.63, 3.8) is 0 Å². The fourth-order valence-corrected chi connectivity index (χ4v) is 1.85. The number of carbonyl (C=O) groups is 1. The summed E-state index contributed by atoms with van der Waals surface area (Å²) in [5.41, 5.74) is -1.10. The Balaban J connectivity index is 4.51. The molecule has 22 heavy (non-hydrogen) atoms. The molecule has 5 nitrogen and oxygen atoms in total. The predicted octanol–water partition coefficient (Wildman–Crippen LogP) is 3.51. The molecule has 0 saturated carbocycles. The molecule has 0 aliphatic heterocycles. The van der Waals surface area contributed by atoms with Crippen LogP contribution in [0.25, 0.3) is 0 Å². The van der Waals surface area contributed by atoms with Crippen LogP contribution in [0.3, 0.4) is 0 Å². The van der Waals surface area contributed by atoms with E-state index < -0.39 is 11.4 Å². The molecule has 0 aromatic heterocycles. The first-order valence-corrected chi connectivity index (χ1v) is 8.59. The van der Waals surface area contributed by atoms with Gasteiger partial charge in [-0.15, -0.1) is 0 Å². The standard InChI is InChI=1S/C17H34O5/c1-4-7-10-20-13-17(16(18)19,14-21-11-8-5-2)15-22-12-9-6-3/h4-15H2,1-3H3,(H,18,19). The molecule has 0 heterocycles. The van der Waals surface area contributed by atoms with Crippen molar-refractivity contribution in [1.29, 1.82) is 0 Å². The molecule has 0 fully saturated rings. The van der Waals surface area contributed by atoms with Crippen molar-refractivity contribution in [2.45, 2.75) is 59.3 Å². The van der Waals surface area contributed by atoms with Gasteiger partial charge < -0.3 is 19.3 Å². The van der Waals surface area contributed by atoms with Gasteiger partial charge in [0.25, 0.3) is 0 Å². The average Bonchev–Trinajstić information content (AvgIpc) is 2.51. The Morgan fingerprint density at radius 3 is 1.32 bits per heavy atom. The zero-order chi connectivity index (χ0) is 16.7. The van der Waals surface area contributed by atoms with Crippen molar-refractivity contribution in [2.24, 2.45) is 5.41 Å². The first-order valence-electron chi connectivity index (χ1n) is 8.59. The third-order valence-electron chi connectivity index (χ3n) is 3.52. The first-order chi connectivity index (χ1) is 10.6. The number of ether oxygens (including phenoxy) is 3. The van der Waals surface area contributed by atoms with Crippen molar-refractivity contribution in [3.05, 3.63) is 0 Å². The third kappa shape index (κ3) is 9.38. The van der Waals surface area contributed by atoms with Gasteiger partial charge in [-0.1, -0.05) is 40.0 Å². The van der Waals surface area contributed by atoms with E-state index in [4.69, 9.17) is 14.2 Å². The minimum atomic E-state index is -1.10. The van der Waals surface area contributed by atoms with Gasteiger partial charge in [-0.2, -0.15) is 0 Å². The van der Waals surface area contributed by atoms with Crippen LogP contribution in [-0.4, -0.2) is 50.7 Å². The molecule has 0 aliphatic rings. The lowest BCUT2D eigenvalue weighted by molar-refractivity contribution is -0.165. The maximum absolute atomic E-state index is 11.8. The monoisotopic (exact) mass is 318 g/mol. The molecule has 132 valence electrons. The van der Waals surface area contributed by atoms with E-state index in [0.29, 0.717) is 19.8 Å². The largest absolute Gasteiger partial charge is 0.481 e. The molecule has 0 aromatic carbocycles. The van der Waals surface area contributed by atoms with Crippen LogP contribution in [0.5, 0.6) is 0 Å². The maximum Gasteiger partial charge on any atom is 0.316 e. The Kier molecular flexibility index (Phi) is 13.6. The summed E-state index contributed by atoms with van der Waals surface area (Å²) in [7, 11) is 0. The molecule has 0 rings (SSSR count). The zero-order valence-electron chi connectivity index (χ0n) is 14.6. The van der Waals surface area contributed by atoms with Crippen molar-refractivity contribution < 1.29 is 24.1 Å². The molecular weight excluding hydrogens is 284 g/mol. The second kappa shape index (κ2) is 14.0. The van der Waals surface area contributed by atoms with Crippen LogP contribution in [0.4, 0.5) is 0 Å². The molecule has 0 unspecified atom stereocenters. The molecule has 0 atom stereocenters. The topological polar surface area (TPSA) is 65.0 Å². The van der Waals surface area contributed by atoms with Crippen LogP contribution in [0.1, 0.15) is 59.3 Å². The van der Waals surface area contributed by atoms with E-state index in [2.05, 4.69) is 20.8 Å². The second-order valence-corrected chi connectivity index (χ2v) is 5.80. The van der Waals surface area contributed by atoms with Gasteiger partial charge in [-0.25, -0.2) is 0 Å². The van der Waals surface area contributed by atoms with E-state index in [1.54, 1.807) is 0 Å². The summed E-state index contributed by atoms with van der Waals surface area (Å²) in [6.45, 7) is 8.39. The minimum Gasteiger partial charge on any atom is -0.481 e. The van der Waals surface area contributed by atoms with Crippen molar-refractivity contribution in [2.75, 3.05) is 39.6 Å². The summed E-state index contributed by atoms with van der Waals surface area (Å²) in [4.78, 5) is 11.8. The zero-order valence-corrected chi connectivity index (χ0v) is 14.6. The van der Waals surface area contributed by atoms with E-state index in [1.165, 1.54) is 0 Å². The molecule has 0 aliphatic carbocycles. The van der Waals surface area contributed by atoms with Gasteiger partial charge >= 0.3 is 5.97 Å². The smallest absolute Gasteiger partial charge is 0.316 e. The number of hydrogen-bond acceptors (Lipinski definition) is 4. The Hall–Kier alpha value is -0.650. The van der Waals surface area contributed by atoms with Gasteiger partial charge in [0.2, 0.25) is 0 Å². The van der Waals surface area contributed by atoms with E-state index in [9.17, 15) is 9.90 Å². The lowest BCUT2D eigenvalue weighted by atomic mass is 9.91. The molecule has 1 N–H and O–H groups in total. The molecular formula is C17H34O5. The van der Waals surface area contributed by atoms with E-state index in [1.807, 2.05) is 0 Å². The number of carboxylic acids is 1. The van der Waals surface area contributed by atoms with Crippen molar-refractivity contribution in [1.82, 2.24) is 0 Å². The van der Waals surface area contributed by atoms with Crippen LogP contribution >= 0.6 is 0 Å². The minimum absolute atomic E-state index is 0.139. The number of rotatable bonds is 16. The lowest BCUT2D eigenvalue weighted by Gasteiger charge is -2.29. The SMILES string of the molecule is CCCCOCC(COCCCC)(COCCCC)C(=O)O. The maximum atomic E-state index is 11.8. The average molecular weight is 318 g/mol. The van der Waals surface area contributed by atoms with Gasteiger partial charge in [0.1, 0.15) is 5.41 Å². The van der Waals surface area contributed by atoms with Crippen LogP contribution in [0.15, 0.2) is 0 Å². The molecule has 0 saturated heterocycles. The molecule has 0 spiro atoms.